The molecule has 1 aromatic rings. The van der Waals surface area contributed by atoms with Crippen molar-refractivity contribution in [2.24, 2.45) is 0 Å². The van der Waals surface area contributed by atoms with E-state index >= 15 is 0 Å². The molecule has 2 rings (SSSR count). The second-order valence-electron chi connectivity index (χ2n) is 9.37. The first-order valence-electron chi connectivity index (χ1n) is 9.80. The second kappa shape index (κ2) is 8.12. The number of hydrogen-bond acceptors (Lipinski definition) is 5. The Morgan fingerprint density at radius 3 is 1.93 bits per heavy atom. The van der Waals surface area contributed by atoms with Crippen LogP contribution < -0.4 is 14.4 Å². The third-order valence-electron chi connectivity index (χ3n) is 5.11. The molecule has 1 aliphatic rings. The minimum absolute atomic E-state index is 0.331. The molecule has 30 heavy (non-hydrogen) atoms. The molecular weight excluding hydrogens is 390 g/mol. The first-order valence-corrected chi connectivity index (χ1v) is 9.80. The zero-order valence-electron chi connectivity index (χ0n) is 19.0. The largest absolute Gasteiger partial charge is 0.493 e. The van der Waals surface area contributed by atoms with E-state index in [2.05, 4.69) is 4.90 Å². The third kappa shape index (κ3) is 4.49. The number of nitrogens with zero attached hydrogens (tertiary/aromatic N) is 3. The van der Waals surface area contributed by atoms with Gasteiger partial charge in [-0.3, -0.25) is 0 Å². The first-order chi connectivity index (χ1) is 13.7. The Bertz CT molecular complexity index is 812. The fourth-order valence-corrected chi connectivity index (χ4v) is 3.86. The van der Waals surface area contributed by atoms with Crippen LogP contribution >= 0.6 is 0 Å². The van der Waals surface area contributed by atoms with E-state index in [9.17, 15) is 19.8 Å². The molecule has 1 aromatic carbocycles. The van der Waals surface area contributed by atoms with Crippen LogP contribution in [0.4, 0.5) is 15.3 Å². The van der Waals surface area contributed by atoms with Gasteiger partial charge in [-0.25, -0.2) is 19.6 Å². The van der Waals surface area contributed by atoms with E-state index in [1.807, 2.05) is 32.9 Å². The molecule has 0 aliphatic carbocycles. The lowest BCUT2D eigenvalue weighted by atomic mass is 9.92. The van der Waals surface area contributed by atoms with Crippen molar-refractivity contribution in [3.8, 4) is 11.5 Å². The summed E-state index contributed by atoms with van der Waals surface area (Å²) < 4.78 is 10.9. The summed E-state index contributed by atoms with van der Waals surface area (Å²) in [5.41, 5.74) is 0.505. The van der Waals surface area contributed by atoms with E-state index in [-0.39, 0.29) is 5.54 Å². The molecule has 0 bridgehead atoms. The van der Waals surface area contributed by atoms with Crippen LogP contribution in [0.2, 0.25) is 0 Å². The van der Waals surface area contributed by atoms with Gasteiger partial charge < -0.3 is 24.6 Å². The summed E-state index contributed by atoms with van der Waals surface area (Å²) in [6.45, 7) is 11.4. The zero-order chi connectivity index (χ0) is 23.0. The topological polar surface area (TPSA) is 103 Å². The molecule has 0 aromatic heterocycles. The van der Waals surface area contributed by atoms with Crippen LogP contribution in [0.1, 0.15) is 47.1 Å². The zero-order valence-corrected chi connectivity index (χ0v) is 19.0. The Balaban J connectivity index is 2.63. The van der Waals surface area contributed by atoms with Gasteiger partial charge in [0.15, 0.2) is 11.5 Å². The molecule has 0 spiro atoms. The highest BCUT2D eigenvalue weighted by Crippen LogP contribution is 2.41. The van der Waals surface area contributed by atoms with Gasteiger partial charge in [0.2, 0.25) is 0 Å². The Kier molecular flexibility index (Phi) is 6.34. The van der Waals surface area contributed by atoms with Crippen LogP contribution in [-0.2, 0) is 6.42 Å². The van der Waals surface area contributed by atoms with Crippen LogP contribution in [0.25, 0.3) is 0 Å². The number of carbonyl (C=O) groups is 2. The van der Waals surface area contributed by atoms with Gasteiger partial charge in [-0.05, 0) is 59.6 Å². The van der Waals surface area contributed by atoms with Crippen molar-refractivity contribution >= 4 is 17.9 Å². The summed E-state index contributed by atoms with van der Waals surface area (Å²) in [4.78, 5) is 26.3. The number of hydrazine groups is 1. The van der Waals surface area contributed by atoms with Gasteiger partial charge in [-0.1, -0.05) is 0 Å². The maximum Gasteiger partial charge on any atom is 0.427 e. The quantitative estimate of drug-likeness (QED) is 0.711. The normalized spacial score (nSPS) is 16.5. The molecule has 1 heterocycles. The van der Waals surface area contributed by atoms with Crippen molar-refractivity contribution < 1.29 is 29.3 Å². The van der Waals surface area contributed by atoms with Gasteiger partial charge >= 0.3 is 12.2 Å². The molecule has 9 nitrogen and oxygen atoms in total. The summed E-state index contributed by atoms with van der Waals surface area (Å²) >= 11 is 0. The Morgan fingerprint density at radius 2 is 1.53 bits per heavy atom. The Labute approximate surface area is 177 Å². The number of ether oxygens (including phenoxy) is 2. The van der Waals surface area contributed by atoms with E-state index in [1.165, 1.54) is 0 Å². The van der Waals surface area contributed by atoms with E-state index in [0.29, 0.717) is 24.5 Å². The number of methoxy groups -OCH3 is 2. The number of carboxylic acid groups (broad SMARTS) is 2. The average molecular weight is 424 g/mol. The summed E-state index contributed by atoms with van der Waals surface area (Å²) in [7, 11) is 3.11. The number of amides is 2. The number of fused-ring (bicyclic) bond motifs is 1. The monoisotopic (exact) mass is 423 g/mol. The molecule has 9 heteroatoms. The van der Waals surface area contributed by atoms with Crippen molar-refractivity contribution in [1.82, 2.24) is 10.0 Å². The Morgan fingerprint density at radius 1 is 1.00 bits per heavy atom. The van der Waals surface area contributed by atoms with E-state index < -0.39 is 23.8 Å². The van der Waals surface area contributed by atoms with Gasteiger partial charge in [0.25, 0.3) is 0 Å². The SMILES string of the molecule is COc1cc2c(cc1OC)N(C(C)(C)C)C[C@@H](N(C(=O)O)N(C(=O)O)C(C)(C)C)C2. The van der Waals surface area contributed by atoms with Crippen molar-refractivity contribution in [1.29, 1.82) is 0 Å². The molecule has 2 N–H and O–H groups in total. The summed E-state index contributed by atoms with van der Waals surface area (Å²) in [6, 6.07) is 3.11. The van der Waals surface area contributed by atoms with Crippen LogP contribution in [-0.4, -0.2) is 70.3 Å². The van der Waals surface area contributed by atoms with E-state index in [0.717, 1.165) is 21.3 Å². The van der Waals surface area contributed by atoms with Gasteiger partial charge in [0.1, 0.15) is 0 Å². The number of hydrogen-bond donors (Lipinski definition) is 2. The predicted molar refractivity (Wildman–Crippen MR) is 114 cm³/mol. The molecule has 0 radical (unpaired) electrons. The lowest BCUT2D eigenvalue weighted by Gasteiger charge is -2.50. The van der Waals surface area contributed by atoms with Crippen molar-refractivity contribution in [3.63, 3.8) is 0 Å². The standard InChI is InChI=1S/C21H33N3O6/c1-20(2,3)22-12-14(23(18(25)26)24(19(27)28)21(4,5)6)9-13-10-16(29-7)17(30-8)11-15(13)22/h10-11,14H,9,12H2,1-8H3,(H,25,26)(H,27,28)/t14-/m0/s1. The number of anilines is 1. The maximum atomic E-state index is 12.2. The van der Waals surface area contributed by atoms with E-state index in [1.54, 1.807) is 35.0 Å². The molecule has 0 saturated carbocycles. The van der Waals surface area contributed by atoms with Gasteiger partial charge in [0.05, 0.1) is 25.8 Å². The predicted octanol–water partition coefficient (Wildman–Crippen LogP) is 3.91. The van der Waals surface area contributed by atoms with Crippen LogP contribution in [0, 0.1) is 0 Å². The maximum absolute atomic E-state index is 12.2. The Hall–Kier alpha value is -2.84. The van der Waals surface area contributed by atoms with Gasteiger partial charge in [-0.15, -0.1) is 0 Å². The highest BCUT2D eigenvalue weighted by molar-refractivity contribution is 5.74. The molecule has 1 atom stereocenters. The number of rotatable bonds is 3. The minimum Gasteiger partial charge on any atom is -0.493 e. The summed E-state index contributed by atoms with van der Waals surface area (Å²) in [5, 5.41) is 21.6. The van der Waals surface area contributed by atoms with Crippen molar-refractivity contribution in [2.45, 2.75) is 65.1 Å². The summed E-state index contributed by atoms with van der Waals surface area (Å²) in [5.74, 6) is 1.12. The smallest absolute Gasteiger partial charge is 0.427 e. The lowest BCUT2D eigenvalue weighted by molar-refractivity contribution is -0.0727. The fraction of sp³-hybridized carbons (Fsp3) is 0.619. The van der Waals surface area contributed by atoms with Crippen LogP contribution in [0.3, 0.4) is 0 Å². The third-order valence-corrected chi connectivity index (χ3v) is 5.11. The molecule has 1 aliphatic heterocycles. The highest BCUT2D eigenvalue weighted by atomic mass is 16.5. The minimum atomic E-state index is -1.31. The average Bonchev–Trinajstić information content (AvgIpc) is 2.61. The fourth-order valence-electron chi connectivity index (χ4n) is 3.86. The van der Waals surface area contributed by atoms with Gasteiger partial charge in [-0.2, -0.15) is 0 Å². The molecule has 2 amide bonds. The molecule has 168 valence electrons. The van der Waals surface area contributed by atoms with Crippen LogP contribution in [0.5, 0.6) is 11.5 Å². The van der Waals surface area contributed by atoms with Crippen molar-refractivity contribution in [3.05, 3.63) is 17.7 Å². The second-order valence-corrected chi connectivity index (χ2v) is 9.37. The number of benzene rings is 1. The van der Waals surface area contributed by atoms with Crippen molar-refractivity contribution in [2.75, 3.05) is 25.7 Å². The lowest BCUT2D eigenvalue weighted by Crippen LogP contribution is -2.65. The molecular formula is C21H33N3O6. The molecule has 0 saturated heterocycles. The molecule has 0 fully saturated rings. The summed E-state index contributed by atoms with van der Waals surface area (Å²) in [6.07, 6.45) is -2.28. The van der Waals surface area contributed by atoms with Gasteiger partial charge in [0, 0.05) is 23.8 Å². The van der Waals surface area contributed by atoms with Crippen LogP contribution in [0.15, 0.2) is 12.1 Å². The highest BCUT2D eigenvalue weighted by Gasteiger charge is 2.43. The first kappa shape index (κ1) is 23.4. The van der Waals surface area contributed by atoms with E-state index in [4.69, 9.17) is 9.47 Å². The molecule has 0 unspecified atom stereocenters.